The molecule has 2 rings (SSSR count). The van der Waals surface area contributed by atoms with Crippen LogP contribution in [0.5, 0.6) is 0 Å². The fraction of sp³-hybridized carbons (Fsp3) is 0.917. The van der Waals surface area contributed by atoms with E-state index in [-0.39, 0.29) is 0 Å². The minimum atomic E-state index is 0.390. The number of rotatable bonds is 2. The van der Waals surface area contributed by atoms with Crippen LogP contribution >= 0.6 is 0 Å². The van der Waals surface area contributed by atoms with Crippen LogP contribution in [0.4, 0.5) is 0 Å². The lowest BCUT2D eigenvalue weighted by molar-refractivity contribution is -0.127. The second-order valence-corrected chi connectivity index (χ2v) is 5.66. The first-order chi connectivity index (χ1) is 6.94. The lowest BCUT2D eigenvalue weighted by atomic mass is 9.85. The van der Waals surface area contributed by atoms with Gasteiger partial charge in [0.1, 0.15) is 0 Å². The second kappa shape index (κ2) is 4.97. The Kier molecular flexibility index (Phi) is 4.14. The number of nitrogens with zero attached hydrogens (tertiary/aromatic N) is 2. The van der Waals surface area contributed by atoms with Gasteiger partial charge in [-0.3, -0.25) is 4.79 Å². The van der Waals surface area contributed by atoms with E-state index in [4.69, 9.17) is 0 Å². The van der Waals surface area contributed by atoms with Crippen LogP contribution in [0.2, 0.25) is 0 Å². The maximum absolute atomic E-state index is 10.0. The van der Waals surface area contributed by atoms with Gasteiger partial charge in [-0.15, -0.1) is 0 Å². The topological polar surface area (TPSA) is 23.6 Å². The highest BCUT2D eigenvalue weighted by Gasteiger charge is 2.32. The molecule has 0 radical (unpaired) electrons. The molecule has 0 spiro atoms. The van der Waals surface area contributed by atoms with Gasteiger partial charge in [0.25, 0.3) is 0 Å². The van der Waals surface area contributed by atoms with E-state index in [2.05, 4.69) is 32.6 Å². The summed E-state index contributed by atoms with van der Waals surface area (Å²) < 4.78 is 0. The summed E-state index contributed by atoms with van der Waals surface area (Å²) >= 11 is 0. The van der Waals surface area contributed by atoms with E-state index in [0.717, 1.165) is 25.5 Å². The number of hydrogen-bond donors (Lipinski definition) is 0. The molecule has 0 aromatic rings. The number of amides is 1. The molecule has 0 aromatic heterocycles. The van der Waals surface area contributed by atoms with Crippen LogP contribution < -0.4 is 0 Å². The number of carbonyl (C=O) groups excluding carboxylic acids is 1. The smallest absolute Gasteiger partial charge is 0.209 e. The van der Waals surface area contributed by atoms with Crippen molar-refractivity contribution >= 4 is 6.41 Å². The van der Waals surface area contributed by atoms with Crippen molar-refractivity contribution in [2.24, 2.45) is 5.41 Å². The van der Waals surface area contributed by atoms with Gasteiger partial charge in [-0.25, -0.2) is 0 Å². The van der Waals surface area contributed by atoms with E-state index < -0.39 is 0 Å². The molecule has 0 aliphatic carbocycles. The molecule has 0 atom stereocenters. The third-order valence-corrected chi connectivity index (χ3v) is 3.03. The Hall–Kier alpha value is -0.570. The lowest BCUT2D eigenvalue weighted by Crippen LogP contribution is -2.51. The van der Waals surface area contributed by atoms with Gasteiger partial charge < -0.3 is 9.80 Å². The molecule has 3 heteroatoms. The fourth-order valence-corrected chi connectivity index (χ4v) is 1.98. The molecule has 3 nitrogen and oxygen atoms in total. The molecule has 2 heterocycles. The summed E-state index contributed by atoms with van der Waals surface area (Å²) in [6.07, 6.45) is 2.32. The molecule has 2 aliphatic rings. The summed E-state index contributed by atoms with van der Waals surface area (Å²) in [4.78, 5) is 14.3. The SMILES string of the molecule is CC(C)N1CCC1.CC1(C)CN(C=O)C1. The number of carbonyl (C=O) groups is 1. The Labute approximate surface area is 93.4 Å². The maximum atomic E-state index is 10.0. The lowest BCUT2D eigenvalue weighted by Gasteiger charge is -2.43. The first-order valence-corrected chi connectivity index (χ1v) is 5.88. The van der Waals surface area contributed by atoms with Crippen molar-refractivity contribution in [1.29, 1.82) is 0 Å². The Morgan fingerprint density at radius 2 is 1.73 bits per heavy atom. The first-order valence-electron chi connectivity index (χ1n) is 5.88. The van der Waals surface area contributed by atoms with Gasteiger partial charge in [0, 0.05) is 19.1 Å². The molecule has 1 amide bonds. The van der Waals surface area contributed by atoms with Crippen LogP contribution in [0, 0.1) is 5.41 Å². The summed E-state index contributed by atoms with van der Waals surface area (Å²) in [5, 5.41) is 0. The van der Waals surface area contributed by atoms with Crippen LogP contribution in [0.3, 0.4) is 0 Å². The molecular formula is C12H24N2O. The molecule has 0 N–H and O–H groups in total. The van der Waals surface area contributed by atoms with Gasteiger partial charge in [-0.1, -0.05) is 13.8 Å². The average molecular weight is 212 g/mol. The van der Waals surface area contributed by atoms with E-state index in [1.54, 1.807) is 4.90 Å². The monoisotopic (exact) mass is 212 g/mol. The van der Waals surface area contributed by atoms with E-state index in [1.807, 2.05) is 0 Å². The standard InChI is InChI=1S/C6H11NO.C6H13N/c1-6(2)3-7(4-6)5-8;1-6(2)7-4-3-5-7/h5H,3-4H2,1-2H3;6H,3-5H2,1-2H3. The van der Waals surface area contributed by atoms with Gasteiger partial charge in [-0.2, -0.15) is 0 Å². The van der Waals surface area contributed by atoms with Gasteiger partial charge in [0.2, 0.25) is 6.41 Å². The number of likely N-dealkylation sites (tertiary alicyclic amines) is 2. The predicted octanol–water partition coefficient (Wildman–Crippen LogP) is 1.59. The summed E-state index contributed by atoms with van der Waals surface area (Å²) in [5.41, 5.74) is 0.390. The summed E-state index contributed by atoms with van der Waals surface area (Å²) in [5.74, 6) is 0. The van der Waals surface area contributed by atoms with Gasteiger partial charge in [-0.05, 0) is 38.8 Å². The third-order valence-electron chi connectivity index (χ3n) is 3.03. The van der Waals surface area contributed by atoms with Gasteiger partial charge in [0.05, 0.1) is 0 Å². The Balaban J connectivity index is 0.000000151. The van der Waals surface area contributed by atoms with Crippen molar-refractivity contribution in [3.05, 3.63) is 0 Å². The average Bonchev–Trinajstić information content (AvgIpc) is 1.96. The van der Waals surface area contributed by atoms with Crippen molar-refractivity contribution in [3.63, 3.8) is 0 Å². The van der Waals surface area contributed by atoms with Gasteiger partial charge in [0.15, 0.2) is 0 Å². The fourth-order valence-electron chi connectivity index (χ4n) is 1.98. The third kappa shape index (κ3) is 3.82. The molecule has 2 saturated heterocycles. The van der Waals surface area contributed by atoms with Crippen molar-refractivity contribution < 1.29 is 4.79 Å². The molecule has 2 aliphatic heterocycles. The summed E-state index contributed by atoms with van der Waals surface area (Å²) in [6.45, 7) is 13.3. The van der Waals surface area contributed by atoms with Crippen molar-refractivity contribution in [1.82, 2.24) is 9.80 Å². The molecule has 15 heavy (non-hydrogen) atoms. The largest absolute Gasteiger partial charge is 0.344 e. The minimum absolute atomic E-state index is 0.390. The van der Waals surface area contributed by atoms with E-state index in [0.29, 0.717) is 5.41 Å². The van der Waals surface area contributed by atoms with Crippen LogP contribution in [0.15, 0.2) is 0 Å². The van der Waals surface area contributed by atoms with Crippen molar-refractivity contribution in [2.45, 2.75) is 40.2 Å². The normalized spacial score (nSPS) is 23.7. The highest BCUT2D eigenvalue weighted by molar-refractivity contribution is 5.49. The van der Waals surface area contributed by atoms with E-state index >= 15 is 0 Å². The van der Waals surface area contributed by atoms with Gasteiger partial charge >= 0.3 is 0 Å². The quantitative estimate of drug-likeness (QED) is 0.649. The Morgan fingerprint density at radius 3 is 1.80 bits per heavy atom. The second-order valence-electron chi connectivity index (χ2n) is 5.66. The first kappa shape index (κ1) is 12.5. The molecule has 88 valence electrons. The van der Waals surface area contributed by atoms with Crippen LogP contribution in [0.1, 0.15) is 34.1 Å². The van der Waals surface area contributed by atoms with Crippen LogP contribution in [-0.4, -0.2) is 48.4 Å². The Morgan fingerprint density at radius 1 is 1.20 bits per heavy atom. The minimum Gasteiger partial charge on any atom is -0.344 e. The molecule has 0 aromatic carbocycles. The van der Waals surface area contributed by atoms with E-state index in [9.17, 15) is 4.79 Å². The van der Waals surface area contributed by atoms with Crippen LogP contribution in [0.25, 0.3) is 0 Å². The van der Waals surface area contributed by atoms with Crippen molar-refractivity contribution in [3.8, 4) is 0 Å². The Bertz CT molecular complexity index is 202. The highest BCUT2D eigenvalue weighted by Crippen LogP contribution is 2.26. The summed E-state index contributed by atoms with van der Waals surface area (Å²) in [7, 11) is 0. The molecule has 2 fully saturated rings. The molecular weight excluding hydrogens is 188 g/mol. The zero-order valence-electron chi connectivity index (χ0n) is 10.5. The number of hydrogen-bond acceptors (Lipinski definition) is 2. The van der Waals surface area contributed by atoms with E-state index in [1.165, 1.54) is 19.5 Å². The zero-order valence-corrected chi connectivity index (χ0v) is 10.5. The molecule has 0 saturated carbocycles. The van der Waals surface area contributed by atoms with Crippen LogP contribution in [-0.2, 0) is 4.79 Å². The predicted molar refractivity (Wildman–Crippen MR) is 62.7 cm³/mol. The molecule has 0 bridgehead atoms. The highest BCUT2D eigenvalue weighted by atomic mass is 16.1. The zero-order chi connectivity index (χ0) is 11.5. The van der Waals surface area contributed by atoms with Crippen molar-refractivity contribution in [2.75, 3.05) is 26.2 Å². The maximum Gasteiger partial charge on any atom is 0.209 e. The summed E-state index contributed by atoms with van der Waals surface area (Å²) in [6, 6.07) is 0.786. The molecule has 0 unspecified atom stereocenters.